The summed E-state index contributed by atoms with van der Waals surface area (Å²) in [6.45, 7) is 7.21. The Morgan fingerprint density at radius 2 is 1.80 bits per heavy atom. The van der Waals surface area contributed by atoms with Crippen molar-refractivity contribution in [3.63, 3.8) is 0 Å². The van der Waals surface area contributed by atoms with Crippen LogP contribution >= 0.6 is 0 Å². The summed E-state index contributed by atoms with van der Waals surface area (Å²) in [5, 5.41) is 5.50. The van der Waals surface area contributed by atoms with Gasteiger partial charge >= 0.3 is 0 Å². The first-order valence-electron chi connectivity index (χ1n) is 8.90. The average molecular weight is 340 g/mol. The van der Waals surface area contributed by atoms with Gasteiger partial charge in [0.1, 0.15) is 0 Å². The van der Waals surface area contributed by atoms with Crippen molar-refractivity contribution >= 4 is 22.6 Å². The van der Waals surface area contributed by atoms with Crippen LogP contribution in [0.25, 0.3) is 10.8 Å². The Morgan fingerprint density at radius 3 is 2.52 bits per heavy atom. The fourth-order valence-electron chi connectivity index (χ4n) is 3.54. The largest absolute Gasteiger partial charge is 0.345 e. The number of rotatable bonds is 4. The zero-order valence-corrected chi connectivity index (χ0v) is 14.9. The van der Waals surface area contributed by atoms with Crippen molar-refractivity contribution in [2.75, 3.05) is 32.7 Å². The van der Waals surface area contributed by atoms with Crippen molar-refractivity contribution in [1.29, 1.82) is 0 Å². The predicted molar refractivity (Wildman–Crippen MR) is 98.3 cm³/mol. The third-order valence-electron chi connectivity index (χ3n) is 4.99. The molecule has 1 aliphatic rings. The van der Waals surface area contributed by atoms with E-state index >= 15 is 0 Å². The van der Waals surface area contributed by atoms with Gasteiger partial charge in [0.2, 0.25) is 5.91 Å². The molecule has 0 bridgehead atoms. The highest BCUT2D eigenvalue weighted by Gasteiger charge is 2.24. The first-order chi connectivity index (χ1) is 12.0. The Hall–Kier alpha value is -2.40. The minimum Gasteiger partial charge on any atom is -0.345 e. The van der Waals surface area contributed by atoms with E-state index in [-0.39, 0.29) is 17.9 Å². The topological polar surface area (TPSA) is 53.9 Å². The second kappa shape index (κ2) is 7.66. The van der Waals surface area contributed by atoms with Crippen molar-refractivity contribution in [2.45, 2.75) is 19.9 Å². The molecular weight excluding hydrogens is 314 g/mol. The molecule has 1 atom stereocenters. The molecule has 2 amide bonds. The number of piperazine rings is 1. The number of hydrogen-bond acceptors (Lipinski definition) is 2. The normalized spacial score (nSPS) is 16.6. The van der Waals surface area contributed by atoms with Crippen molar-refractivity contribution < 1.29 is 14.5 Å². The second-order valence-electron chi connectivity index (χ2n) is 6.79. The van der Waals surface area contributed by atoms with E-state index in [4.69, 9.17) is 0 Å². The Kier molecular flexibility index (Phi) is 5.34. The van der Waals surface area contributed by atoms with E-state index in [1.54, 1.807) is 6.92 Å². The van der Waals surface area contributed by atoms with Crippen LogP contribution in [0.15, 0.2) is 42.5 Å². The summed E-state index contributed by atoms with van der Waals surface area (Å²) in [7, 11) is 0. The lowest BCUT2D eigenvalue weighted by atomic mass is 10.00. The Balaban J connectivity index is 1.58. The van der Waals surface area contributed by atoms with Crippen LogP contribution in [0.1, 0.15) is 25.5 Å². The molecule has 1 saturated heterocycles. The number of benzene rings is 2. The third-order valence-corrected chi connectivity index (χ3v) is 4.99. The lowest BCUT2D eigenvalue weighted by Gasteiger charge is -2.31. The first kappa shape index (κ1) is 17.4. The smallest absolute Gasteiger partial charge is 0.275 e. The van der Waals surface area contributed by atoms with E-state index in [9.17, 15) is 9.59 Å². The molecule has 1 fully saturated rings. The molecule has 1 heterocycles. The van der Waals surface area contributed by atoms with Crippen LogP contribution in [0, 0.1) is 0 Å². The van der Waals surface area contributed by atoms with Crippen molar-refractivity contribution in [3.8, 4) is 0 Å². The number of quaternary nitrogens is 1. The lowest BCUT2D eigenvalue weighted by molar-refractivity contribution is -0.896. The monoisotopic (exact) mass is 340 g/mol. The van der Waals surface area contributed by atoms with Crippen LogP contribution in [0.4, 0.5) is 0 Å². The summed E-state index contributed by atoms with van der Waals surface area (Å²) < 4.78 is 0. The van der Waals surface area contributed by atoms with Crippen LogP contribution in [0.5, 0.6) is 0 Å². The van der Waals surface area contributed by atoms with Crippen LogP contribution < -0.4 is 10.2 Å². The van der Waals surface area contributed by atoms with E-state index in [1.807, 2.05) is 30.0 Å². The number of fused-ring (bicyclic) bond motifs is 1. The number of amides is 2. The number of hydrogen-bond donors (Lipinski definition) is 2. The molecule has 5 nitrogen and oxygen atoms in total. The second-order valence-corrected chi connectivity index (χ2v) is 6.79. The van der Waals surface area contributed by atoms with Gasteiger partial charge in [0.15, 0.2) is 6.54 Å². The summed E-state index contributed by atoms with van der Waals surface area (Å²) >= 11 is 0. The maximum Gasteiger partial charge on any atom is 0.275 e. The standard InChI is InChI=1S/C20H25N3O2/c1-15(18-9-5-7-17-6-3-4-8-19(17)18)21-20(25)14-22-10-12-23(13-11-22)16(2)24/h3-9,15H,10-14H2,1-2H3,(H,21,25)/p+1/t15-/m0/s1. The minimum atomic E-state index is -0.0310. The fourth-order valence-corrected chi connectivity index (χ4v) is 3.54. The molecule has 25 heavy (non-hydrogen) atoms. The number of nitrogens with one attached hydrogen (secondary N) is 2. The number of carbonyl (C=O) groups is 2. The zero-order chi connectivity index (χ0) is 17.8. The first-order valence-corrected chi connectivity index (χ1v) is 8.90. The van der Waals surface area contributed by atoms with Crippen LogP contribution in [-0.2, 0) is 9.59 Å². The maximum absolute atomic E-state index is 12.4. The van der Waals surface area contributed by atoms with E-state index in [1.165, 1.54) is 15.7 Å². The third kappa shape index (κ3) is 4.17. The van der Waals surface area contributed by atoms with Gasteiger partial charge in [0.25, 0.3) is 5.91 Å². The molecule has 0 aliphatic carbocycles. The molecule has 0 unspecified atom stereocenters. The van der Waals surface area contributed by atoms with Gasteiger partial charge in [-0.25, -0.2) is 0 Å². The van der Waals surface area contributed by atoms with Gasteiger partial charge in [-0.1, -0.05) is 42.5 Å². The van der Waals surface area contributed by atoms with Crippen molar-refractivity contribution in [1.82, 2.24) is 10.2 Å². The van der Waals surface area contributed by atoms with Crippen molar-refractivity contribution in [3.05, 3.63) is 48.0 Å². The highest BCUT2D eigenvalue weighted by Crippen LogP contribution is 2.23. The molecule has 0 spiro atoms. The van der Waals surface area contributed by atoms with Crippen LogP contribution in [0.3, 0.4) is 0 Å². The predicted octanol–water partition coefficient (Wildman–Crippen LogP) is 0.764. The summed E-state index contributed by atoms with van der Waals surface area (Å²) in [5.74, 6) is 0.180. The highest BCUT2D eigenvalue weighted by atomic mass is 16.2. The van der Waals surface area contributed by atoms with E-state index in [0.29, 0.717) is 6.54 Å². The Labute approximate surface area is 148 Å². The van der Waals surface area contributed by atoms with Gasteiger partial charge in [-0.15, -0.1) is 0 Å². The highest BCUT2D eigenvalue weighted by molar-refractivity contribution is 5.87. The summed E-state index contributed by atoms with van der Waals surface area (Å²) in [5.41, 5.74) is 1.14. The molecule has 0 saturated carbocycles. The SMILES string of the molecule is CC(=O)N1CC[NH+](CC(=O)N[C@@H](C)c2cccc3ccccc23)CC1. The maximum atomic E-state index is 12.4. The summed E-state index contributed by atoms with van der Waals surface area (Å²) in [4.78, 5) is 26.9. The van der Waals surface area contributed by atoms with Crippen LogP contribution in [0.2, 0.25) is 0 Å². The van der Waals surface area contributed by atoms with E-state index < -0.39 is 0 Å². The minimum absolute atomic E-state index is 0.0310. The Morgan fingerprint density at radius 1 is 1.12 bits per heavy atom. The lowest BCUT2D eigenvalue weighted by Crippen LogP contribution is -3.15. The molecule has 2 N–H and O–H groups in total. The van der Waals surface area contributed by atoms with Gasteiger partial charge in [-0.05, 0) is 23.3 Å². The van der Waals surface area contributed by atoms with Crippen LogP contribution in [-0.4, -0.2) is 49.4 Å². The zero-order valence-electron chi connectivity index (χ0n) is 14.9. The molecule has 5 heteroatoms. The van der Waals surface area contributed by atoms with E-state index in [2.05, 4.69) is 29.6 Å². The number of carbonyl (C=O) groups excluding carboxylic acids is 2. The summed E-state index contributed by atoms with van der Waals surface area (Å²) in [6, 6.07) is 14.4. The van der Waals surface area contributed by atoms with Gasteiger partial charge in [-0.2, -0.15) is 0 Å². The molecule has 2 aromatic carbocycles. The van der Waals surface area contributed by atoms with Gasteiger partial charge in [0, 0.05) is 6.92 Å². The molecular formula is C20H26N3O2+. The molecule has 0 aromatic heterocycles. The summed E-state index contributed by atoms with van der Waals surface area (Å²) in [6.07, 6.45) is 0. The van der Waals surface area contributed by atoms with Crippen molar-refractivity contribution in [2.24, 2.45) is 0 Å². The molecule has 3 rings (SSSR count). The molecule has 1 aliphatic heterocycles. The molecule has 132 valence electrons. The average Bonchev–Trinajstić information content (AvgIpc) is 2.61. The van der Waals surface area contributed by atoms with Gasteiger partial charge in [0.05, 0.1) is 32.2 Å². The molecule has 2 aromatic rings. The van der Waals surface area contributed by atoms with Gasteiger partial charge in [-0.3, -0.25) is 9.59 Å². The van der Waals surface area contributed by atoms with E-state index in [0.717, 1.165) is 31.7 Å². The Bertz CT molecular complexity index is 761. The number of nitrogens with zero attached hydrogens (tertiary/aromatic N) is 1. The molecule has 0 radical (unpaired) electrons. The quantitative estimate of drug-likeness (QED) is 0.864. The fraction of sp³-hybridized carbons (Fsp3) is 0.400. The van der Waals surface area contributed by atoms with Gasteiger partial charge < -0.3 is 15.1 Å².